The van der Waals surface area contributed by atoms with Crippen LogP contribution in [-0.4, -0.2) is 28.9 Å². The molecule has 1 N–H and O–H groups in total. The molecule has 0 bridgehead atoms. The minimum Gasteiger partial charge on any atom is -0.478 e. The van der Waals surface area contributed by atoms with Gasteiger partial charge in [-0.3, -0.25) is 9.78 Å². The number of carboxylic acids is 1. The van der Waals surface area contributed by atoms with Crippen molar-refractivity contribution in [1.29, 1.82) is 0 Å². The highest BCUT2D eigenvalue weighted by Crippen LogP contribution is 2.30. The Morgan fingerprint density at radius 2 is 1.52 bits per heavy atom. The zero-order valence-electron chi connectivity index (χ0n) is 17.5. The van der Waals surface area contributed by atoms with Crippen molar-refractivity contribution in [3.8, 4) is 11.1 Å². The number of pyridine rings is 1. The van der Waals surface area contributed by atoms with E-state index in [0.717, 1.165) is 11.4 Å². The van der Waals surface area contributed by atoms with Gasteiger partial charge in [-0.2, -0.15) is 0 Å². The number of carboxylic acid groups (broad SMARTS) is 1. The van der Waals surface area contributed by atoms with Crippen molar-refractivity contribution in [3.05, 3.63) is 112 Å². The van der Waals surface area contributed by atoms with Gasteiger partial charge in [-0.15, -0.1) is 0 Å². The first-order valence-corrected chi connectivity index (χ1v) is 10.7. The number of benzene rings is 3. The number of nitrogens with zero attached hydrogens (tertiary/aromatic N) is 2. The topological polar surface area (TPSA) is 70.5 Å². The Morgan fingerprint density at radius 3 is 2.15 bits per heavy atom. The predicted molar refractivity (Wildman–Crippen MR) is 131 cm³/mol. The van der Waals surface area contributed by atoms with Gasteiger partial charge in [-0.25, -0.2) is 4.79 Å². The number of hydrogen-bond donors (Lipinski definition) is 1. The molecule has 0 saturated heterocycles. The summed E-state index contributed by atoms with van der Waals surface area (Å²) < 4.78 is 0. The van der Waals surface area contributed by atoms with Crippen LogP contribution in [0.15, 0.2) is 85.1 Å². The standard InChI is InChI=1S/C26H18Cl2N2O3/c1-30(20-8-6-19(27)7-9-20)21-10-11-24(29-15-21)25(31)17-12-16(13-18(14-17)26(32)33)22-4-2-3-5-23(22)28/h2-15H,1H3,(H,32,33). The van der Waals surface area contributed by atoms with Gasteiger partial charge in [-0.05, 0) is 66.2 Å². The van der Waals surface area contributed by atoms with Gasteiger partial charge in [0, 0.05) is 33.9 Å². The van der Waals surface area contributed by atoms with E-state index in [1.165, 1.54) is 12.1 Å². The molecule has 3 aromatic carbocycles. The maximum atomic E-state index is 13.2. The third-order valence-electron chi connectivity index (χ3n) is 5.21. The predicted octanol–water partition coefficient (Wildman–Crippen LogP) is 6.75. The fourth-order valence-corrected chi connectivity index (χ4v) is 3.78. The molecule has 4 aromatic rings. The number of halogens is 2. The second kappa shape index (κ2) is 9.45. The van der Waals surface area contributed by atoms with Crippen molar-refractivity contribution in [1.82, 2.24) is 4.98 Å². The monoisotopic (exact) mass is 476 g/mol. The summed E-state index contributed by atoms with van der Waals surface area (Å²) in [7, 11) is 1.88. The number of hydrogen-bond acceptors (Lipinski definition) is 4. The highest BCUT2D eigenvalue weighted by atomic mass is 35.5. The molecule has 7 heteroatoms. The van der Waals surface area contributed by atoms with Gasteiger partial charge in [0.2, 0.25) is 5.78 Å². The molecule has 5 nitrogen and oxygen atoms in total. The van der Waals surface area contributed by atoms with Crippen LogP contribution >= 0.6 is 23.2 Å². The molecule has 0 spiro atoms. The molecule has 0 fully saturated rings. The summed E-state index contributed by atoms with van der Waals surface area (Å²) in [6.45, 7) is 0. The van der Waals surface area contributed by atoms with E-state index in [4.69, 9.17) is 23.2 Å². The molecule has 0 saturated carbocycles. The maximum Gasteiger partial charge on any atom is 0.335 e. The quantitative estimate of drug-likeness (QED) is 0.311. The number of carbonyl (C=O) groups is 2. The zero-order valence-corrected chi connectivity index (χ0v) is 19.0. The molecular weight excluding hydrogens is 459 g/mol. The minimum atomic E-state index is -1.13. The van der Waals surface area contributed by atoms with Crippen LogP contribution in [0.5, 0.6) is 0 Å². The third-order valence-corrected chi connectivity index (χ3v) is 5.79. The van der Waals surface area contributed by atoms with E-state index < -0.39 is 5.97 Å². The largest absolute Gasteiger partial charge is 0.478 e. The molecule has 0 atom stereocenters. The molecule has 4 rings (SSSR count). The molecule has 0 radical (unpaired) electrons. The molecule has 33 heavy (non-hydrogen) atoms. The average molecular weight is 477 g/mol. The van der Waals surface area contributed by atoms with Gasteiger partial charge in [-0.1, -0.05) is 41.4 Å². The molecule has 1 heterocycles. The highest BCUT2D eigenvalue weighted by Gasteiger charge is 2.17. The van der Waals surface area contributed by atoms with Crippen molar-refractivity contribution in [3.63, 3.8) is 0 Å². The highest BCUT2D eigenvalue weighted by molar-refractivity contribution is 6.33. The second-order valence-electron chi connectivity index (χ2n) is 7.35. The second-order valence-corrected chi connectivity index (χ2v) is 8.19. The summed E-state index contributed by atoms with van der Waals surface area (Å²) in [5.74, 6) is -1.52. The molecule has 1 aromatic heterocycles. The molecule has 0 amide bonds. The fraction of sp³-hybridized carbons (Fsp3) is 0.0385. The summed E-state index contributed by atoms with van der Waals surface area (Å²) >= 11 is 12.2. The molecule has 164 valence electrons. The van der Waals surface area contributed by atoms with E-state index in [1.807, 2.05) is 24.1 Å². The zero-order chi connectivity index (χ0) is 23.5. The third kappa shape index (κ3) is 4.90. The minimum absolute atomic E-state index is 0.00476. The van der Waals surface area contributed by atoms with Crippen LogP contribution in [0.1, 0.15) is 26.4 Å². The lowest BCUT2D eigenvalue weighted by Gasteiger charge is -2.19. The Bertz CT molecular complexity index is 1340. The first kappa shape index (κ1) is 22.5. The molecule has 0 aliphatic carbocycles. The number of carbonyl (C=O) groups excluding carboxylic acids is 1. The van der Waals surface area contributed by atoms with Gasteiger partial charge >= 0.3 is 5.97 Å². The van der Waals surface area contributed by atoms with Gasteiger partial charge in [0.25, 0.3) is 0 Å². The Labute approximate surface area is 200 Å². The summed E-state index contributed by atoms with van der Waals surface area (Å²) in [6, 6.07) is 22.3. The Morgan fingerprint density at radius 1 is 0.848 bits per heavy atom. The molecule has 0 aliphatic heterocycles. The number of aromatic carboxylic acids is 1. The van der Waals surface area contributed by atoms with Crippen molar-refractivity contribution in [2.75, 3.05) is 11.9 Å². The van der Waals surface area contributed by atoms with Crippen molar-refractivity contribution in [2.24, 2.45) is 0 Å². The van der Waals surface area contributed by atoms with Crippen LogP contribution in [-0.2, 0) is 0 Å². The smallest absolute Gasteiger partial charge is 0.335 e. The van der Waals surface area contributed by atoms with Crippen LogP contribution in [0.25, 0.3) is 11.1 Å². The fourth-order valence-electron chi connectivity index (χ4n) is 3.41. The number of aromatic nitrogens is 1. The first-order valence-electron chi connectivity index (χ1n) is 9.97. The van der Waals surface area contributed by atoms with Gasteiger partial charge in [0.05, 0.1) is 17.4 Å². The number of anilines is 2. The van der Waals surface area contributed by atoms with Crippen LogP contribution < -0.4 is 4.90 Å². The Kier molecular flexibility index (Phi) is 6.45. The number of ketones is 1. The van der Waals surface area contributed by atoms with E-state index in [9.17, 15) is 14.7 Å². The Hall–Kier alpha value is -3.67. The van der Waals surface area contributed by atoms with E-state index in [1.54, 1.807) is 60.8 Å². The summed E-state index contributed by atoms with van der Waals surface area (Å²) in [6.07, 6.45) is 1.60. The molecule has 0 aliphatic rings. The van der Waals surface area contributed by atoms with Crippen LogP contribution in [0.3, 0.4) is 0 Å². The lowest BCUT2D eigenvalue weighted by Crippen LogP contribution is -2.11. The average Bonchev–Trinajstić information content (AvgIpc) is 2.83. The van der Waals surface area contributed by atoms with E-state index in [0.29, 0.717) is 21.2 Å². The summed E-state index contributed by atoms with van der Waals surface area (Å²) in [5.41, 5.74) is 3.30. The van der Waals surface area contributed by atoms with Crippen molar-refractivity contribution in [2.45, 2.75) is 0 Å². The van der Waals surface area contributed by atoms with Crippen molar-refractivity contribution >= 4 is 46.3 Å². The lowest BCUT2D eigenvalue weighted by atomic mass is 9.97. The Balaban J connectivity index is 1.67. The maximum absolute atomic E-state index is 13.2. The van der Waals surface area contributed by atoms with Gasteiger partial charge < -0.3 is 10.0 Å². The van der Waals surface area contributed by atoms with Crippen molar-refractivity contribution < 1.29 is 14.7 Å². The van der Waals surface area contributed by atoms with Gasteiger partial charge in [0.1, 0.15) is 5.69 Å². The van der Waals surface area contributed by atoms with E-state index >= 15 is 0 Å². The molecular formula is C26H18Cl2N2O3. The van der Waals surface area contributed by atoms with E-state index in [2.05, 4.69) is 4.98 Å². The normalized spacial score (nSPS) is 10.6. The SMILES string of the molecule is CN(c1ccc(Cl)cc1)c1ccc(C(=O)c2cc(C(=O)O)cc(-c3ccccc3Cl)c2)nc1. The summed E-state index contributed by atoms with van der Waals surface area (Å²) in [5, 5.41) is 10.7. The molecule has 0 unspecified atom stereocenters. The van der Waals surface area contributed by atoms with Crippen LogP contribution in [0.2, 0.25) is 10.0 Å². The number of rotatable bonds is 6. The summed E-state index contributed by atoms with van der Waals surface area (Å²) in [4.78, 5) is 31.1. The van der Waals surface area contributed by atoms with Gasteiger partial charge in [0.15, 0.2) is 0 Å². The van der Waals surface area contributed by atoms with E-state index in [-0.39, 0.29) is 22.6 Å². The first-order chi connectivity index (χ1) is 15.8. The van der Waals surface area contributed by atoms with Crippen LogP contribution in [0.4, 0.5) is 11.4 Å². The lowest BCUT2D eigenvalue weighted by molar-refractivity contribution is 0.0697. The van der Waals surface area contributed by atoms with Crippen LogP contribution in [0, 0.1) is 0 Å².